The van der Waals surface area contributed by atoms with Crippen LogP contribution in [0.3, 0.4) is 0 Å². The molecule has 1 aliphatic heterocycles. The maximum atomic E-state index is 13.3. The Morgan fingerprint density at radius 3 is 2.41 bits per heavy atom. The SMILES string of the molecule is CCN(CC)CCN1C(=O)C(=O)C(=C(O)c2nc3c(C)cccn3c2C)C1c1ccc(Cl)cc1. The van der Waals surface area contributed by atoms with Gasteiger partial charge in [-0.25, -0.2) is 4.98 Å². The Labute approximate surface area is 204 Å². The Balaban J connectivity index is 1.87. The van der Waals surface area contributed by atoms with E-state index < -0.39 is 17.7 Å². The first-order valence-electron chi connectivity index (χ1n) is 11.5. The van der Waals surface area contributed by atoms with Crippen LogP contribution in [0.15, 0.2) is 48.2 Å². The molecule has 7 nitrogen and oxygen atoms in total. The molecule has 1 unspecified atom stereocenters. The largest absolute Gasteiger partial charge is 0.505 e. The van der Waals surface area contributed by atoms with Crippen LogP contribution < -0.4 is 0 Å². The Morgan fingerprint density at radius 1 is 1.12 bits per heavy atom. The van der Waals surface area contributed by atoms with Crippen LogP contribution in [0.5, 0.6) is 0 Å². The van der Waals surface area contributed by atoms with Crippen molar-refractivity contribution < 1.29 is 14.7 Å². The number of imidazole rings is 1. The number of Topliss-reactive ketones (excluding diaryl/α,β-unsaturated/α-hetero) is 1. The van der Waals surface area contributed by atoms with E-state index in [1.807, 2.05) is 36.6 Å². The number of pyridine rings is 1. The summed E-state index contributed by atoms with van der Waals surface area (Å²) in [6, 6.07) is 10.1. The van der Waals surface area contributed by atoms with E-state index in [0.29, 0.717) is 40.7 Å². The topological polar surface area (TPSA) is 78.2 Å². The average Bonchev–Trinajstić information content (AvgIpc) is 3.30. The zero-order valence-electron chi connectivity index (χ0n) is 19.9. The van der Waals surface area contributed by atoms with Crippen molar-refractivity contribution in [1.29, 1.82) is 0 Å². The van der Waals surface area contributed by atoms with Crippen LogP contribution in [-0.4, -0.2) is 62.2 Å². The van der Waals surface area contributed by atoms with Crippen molar-refractivity contribution in [2.24, 2.45) is 0 Å². The number of amides is 1. The summed E-state index contributed by atoms with van der Waals surface area (Å²) in [5.41, 5.74) is 3.40. The number of aliphatic hydroxyl groups excluding tert-OH is 1. The highest BCUT2D eigenvalue weighted by Crippen LogP contribution is 2.40. The molecule has 1 saturated heterocycles. The van der Waals surface area contributed by atoms with Gasteiger partial charge in [-0.2, -0.15) is 0 Å². The average molecular weight is 481 g/mol. The monoisotopic (exact) mass is 480 g/mol. The smallest absolute Gasteiger partial charge is 0.295 e. The van der Waals surface area contributed by atoms with Crippen LogP contribution in [0.4, 0.5) is 0 Å². The second-order valence-electron chi connectivity index (χ2n) is 8.50. The van der Waals surface area contributed by atoms with E-state index in [0.717, 1.165) is 18.7 Å². The van der Waals surface area contributed by atoms with Gasteiger partial charge in [-0.05, 0) is 56.3 Å². The number of hydrogen-bond donors (Lipinski definition) is 1. The van der Waals surface area contributed by atoms with Crippen LogP contribution in [0.1, 0.15) is 42.4 Å². The molecule has 1 aliphatic rings. The summed E-state index contributed by atoms with van der Waals surface area (Å²) < 4.78 is 1.87. The zero-order valence-corrected chi connectivity index (χ0v) is 20.6. The number of carbonyl (C=O) groups excluding carboxylic acids is 2. The molecule has 4 rings (SSSR count). The van der Waals surface area contributed by atoms with Crippen LogP contribution in [0.2, 0.25) is 5.02 Å². The maximum absolute atomic E-state index is 13.3. The molecule has 1 atom stereocenters. The lowest BCUT2D eigenvalue weighted by molar-refractivity contribution is -0.140. The molecule has 0 spiro atoms. The van der Waals surface area contributed by atoms with Crippen molar-refractivity contribution in [1.82, 2.24) is 19.2 Å². The van der Waals surface area contributed by atoms with Gasteiger partial charge in [0.1, 0.15) is 11.3 Å². The van der Waals surface area contributed by atoms with Crippen molar-refractivity contribution in [3.05, 3.63) is 75.7 Å². The van der Waals surface area contributed by atoms with Gasteiger partial charge in [0.15, 0.2) is 5.76 Å². The van der Waals surface area contributed by atoms with Crippen LogP contribution >= 0.6 is 11.6 Å². The number of halogens is 1. The summed E-state index contributed by atoms with van der Waals surface area (Å²) in [6.07, 6.45) is 1.86. The number of carbonyl (C=O) groups is 2. The molecule has 0 saturated carbocycles. The van der Waals surface area contributed by atoms with Gasteiger partial charge in [-0.15, -0.1) is 0 Å². The third kappa shape index (κ3) is 4.10. The fourth-order valence-corrected chi connectivity index (χ4v) is 4.69. The number of fused-ring (bicyclic) bond motifs is 1. The quantitative estimate of drug-likeness (QED) is 0.308. The summed E-state index contributed by atoms with van der Waals surface area (Å²) in [6.45, 7) is 10.5. The van der Waals surface area contributed by atoms with Crippen molar-refractivity contribution >= 4 is 34.7 Å². The second kappa shape index (κ2) is 9.60. The zero-order chi connectivity index (χ0) is 24.6. The number of rotatable bonds is 7. The Morgan fingerprint density at radius 2 is 1.79 bits per heavy atom. The fourth-order valence-electron chi connectivity index (χ4n) is 4.57. The van der Waals surface area contributed by atoms with Crippen LogP contribution in [-0.2, 0) is 9.59 Å². The number of nitrogens with zero attached hydrogens (tertiary/aromatic N) is 4. The summed E-state index contributed by atoms with van der Waals surface area (Å²) in [4.78, 5) is 34.8. The van der Waals surface area contributed by atoms with Crippen molar-refractivity contribution in [3.63, 3.8) is 0 Å². The first kappa shape index (κ1) is 24.0. The predicted octanol–water partition coefficient (Wildman–Crippen LogP) is 4.37. The number of aryl methyl sites for hydroxylation is 2. The number of likely N-dealkylation sites (tertiary alicyclic amines) is 1. The molecular formula is C26H29ClN4O3. The van der Waals surface area contributed by atoms with Gasteiger partial charge in [-0.3, -0.25) is 9.59 Å². The van der Waals surface area contributed by atoms with E-state index in [4.69, 9.17) is 11.6 Å². The highest BCUT2D eigenvalue weighted by molar-refractivity contribution is 6.46. The van der Waals surface area contributed by atoms with E-state index in [9.17, 15) is 14.7 Å². The van der Waals surface area contributed by atoms with E-state index in [1.165, 1.54) is 0 Å². The lowest BCUT2D eigenvalue weighted by Crippen LogP contribution is -2.38. The number of benzene rings is 1. The third-order valence-corrected chi connectivity index (χ3v) is 6.84. The summed E-state index contributed by atoms with van der Waals surface area (Å²) in [5.74, 6) is -1.58. The number of aromatic nitrogens is 2. The van der Waals surface area contributed by atoms with Gasteiger partial charge < -0.3 is 19.3 Å². The van der Waals surface area contributed by atoms with Crippen molar-refractivity contribution in [2.75, 3.05) is 26.2 Å². The number of ketones is 1. The van der Waals surface area contributed by atoms with E-state index in [1.54, 1.807) is 29.2 Å². The van der Waals surface area contributed by atoms with Gasteiger partial charge in [0, 0.05) is 24.3 Å². The molecule has 0 radical (unpaired) electrons. The minimum absolute atomic E-state index is 0.0519. The number of aliphatic hydroxyl groups is 1. The summed E-state index contributed by atoms with van der Waals surface area (Å²) in [7, 11) is 0. The van der Waals surface area contributed by atoms with Gasteiger partial charge >= 0.3 is 0 Å². The minimum atomic E-state index is -0.724. The molecule has 1 amide bonds. The summed E-state index contributed by atoms with van der Waals surface area (Å²) in [5, 5.41) is 12.0. The van der Waals surface area contributed by atoms with Gasteiger partial charge in [-0.1, -0.05) is 43.6 Å². The minimum Gasteiger partial charge on any atom is -0.505 e. The van der Waals surface area contributed by atoms with Crippen LogP contribution in [0, 0.1) is 13.8 Å². The van der Waals surface area contributed by atoms with Gasteiger partial charge in [0.25, 0.3) is 11.7 Å². The highest BCUT2D eigenvalue weighted by Gasteiger charge is 2.46. The molecular weight excluding hydrogens is 452 g/mol. The molecule has 34 heavy (non-hydrogen) atoms. The molecule has 8 heteroatoms. The third-order valence-electron chi connectivity index (χ3n) is 6.59. The predicted molar refractivity (Wildman–Crippen MR) is 133 cm³/mol. The highest BCUT2D eigenvalue weighted by atomic mass is 35.5. The molecule has 1 N–H and O–H groups in total. The maximum Gasteiger partial charge on any atom is 0.295 e. The normalized spacial score (nSPS) is 17.9. The Kier molecular flexibility index (Phi) is 6.77. The number of likely N-dealkylation sites (N-methyl/N-ethyl adjacent to an activating group) is 1. The lowest BCUT2D eigenvalue weighted by atomic mass is 9.96. The molecule has 178 valence electrons. The van der Waals surface area contributed by atoms with E-state index in [-0.39, 0.29) is 11.3 Å². The Hall–Kier alpha value is -3.16. The summed E-state index contributed by atoms with van der Waals surface area (Å²) >= 11 is 6.10. The van der Waals surface area contributed by atoms with Crippen LogP contribution in [0.25, 0.3) is 11.4 Å². The fraction of sp³-hybridized carbons (Fsp3) is 0.346. The standard InChI is InChI=1S/C26H29ClN4O3/c1-5-29(6-2)14-15-31-22(18-9-11-19(27)12-10-18)20(24(33)26(31)34)23(32)21-17(4)30-13-7-8-16(3)25(30)28-21/h7-13,22,32H,5-6,14-15H2,1-4H3. The van der Waals surface area contributed by atoms with E-state index >= 15 is 0 Å². The van der Waals surface area contributed by atoms with E-state index in [2.05, 4.69) is 23.7 Å². The Bertz CT molecular complexity index is 1280. The molecule has 3 aromatic rings. The van der Waals surface area contributed by atoms with Gasteiger partial charge in [0.2, 0.25) is 0 Å². The van der Waals surface area contributed by atoms with Crippen molar-refractivity contribution in [3.8, 4) is 0 Å². The second-order valence-corrected chi connectivity index (χ2v) is 8.94. The molecule has 0 aliphatic carbocycles. The molecule has 0 bridgehead atoms. The molecule has 2 aromatic heterocycles. The molecule has 3 heterocycles. The first-order chi connectivity index (χ1) is 16.3. The molecule has 1 aromatic carbocycles. The van der Waals surface area contributed by atoms with Crippen molar-refractivity contribution in [2.45, 2.75) is 33.7 Å². The number of hydrogen-bond acceptors (Lipinski definition) is 5. The molecule has 1 fully saturated rings. The lowest BCUT2D eigenvalue weighted by Gasteiger charge is -2.28. The first-order valence-corrected chi connectivity index (χ1v) is 11.9. The van der Waals surface area contributed by atoms with Gasteiger partial charge in [0.05, 0.1) is 17.3 Å².